The summed E-state index contributed by atoms with van der Waals surface area (Å²) >= 11 is 0. The summed E-state index contributed by atoms with van der Waals surface area (Å²) in [6.07, 6.45) is 0. The number of carbonyl (C=O) groups is 2. The molecule has 2 saturated heterocycles. The van der Waals surface area contributed by atoms with Gasteiger partial charge in [-0.15, -0.1) is 0 Å². The van der Waals surface area contributed by atoms with Crippen LogP contribution in [-0.4, -0.2) is 48.8 Å². The topological polar surface area (TPSA) is 88.2 Å². The molecule has 2 atom stereocenters. The van der Waals surface area contributed by atoms with Crippen LogP contribution in [0.3, 0.4) is 0 Å². The van der Waals surface area contributed by atoms with Crippen LogP contribution in [0.2, 0.25) is 0 Å². The maximum absolute atomic E-state index is 12.0. The van der Waals surface area contributed by atoms with Gasteiger partial charge in [0.2, 0.25) is 11.8 Å². The third-order valence-corrected chi connectivity index (χ3v) is 3.48. The third-order valence-electron chi connectivity index (χ3n) is 3.48. The van der Waals surface area contributed by atoms with E-state index in [2.05, 4.69) is 0 Å². The van der Waals surface area contributed by atoms with E-state index in [1.54, 1.807) is 0 Å². The molecule has 2 aliphatic heterocycles. The van der Waals surface area contributed by atoms with Gasteiger partial charge in [-0.25, -0.2) is 0 Å². The smallest absolute Gasteiger partial charge is 0.247 e. The first-order valence-electron chi connectivity index (χ1n) is 4.79. The summed E-state index contributed by atoms with van der Waals surface area (Å²) in [5, 5.41) is 18.4. The number of amides is 2. The Morgan fingerprint density at radius 3 is 1.56 bits per heavy atom. The predicted molar refractivity (Wildman–Crippen MR) is 51.4 cm³/mol. The first-order valence-corrected chi connectivity index (χ1v) is 4.79. The summed E-state index contributed by atoms with van der Waals surface area (Å²) in [4.78, 5) is 26.5. The van der Waals surface area contributed by atoms with Crippen LogP contribution < -0.4 is 0 Å². The van der Waals surface area contributed by atoms with Gasteiger partial charge in [0.1, 0.15) is 0 Å². The van der Waals surface area contributed by atoms with Crippen LogP contribution in [0.25, 0.3) is 0 Å². The van der Waals surface area contributed by atoms with Crippen LogP contribution in [0.1, 0.15) is 0 Å². The second-order valence-corrected chi connectivity index (χ2v) is 4.36. The van der Waals surface area contributed by atoms with Gasteiger partial charge < -0.3 is 9.80 Å². The summed E-state index contributed by atoms with van der Waals surface area (Å²) in [5.41, 5.74) is -3.05. The molecular weight excluding hydrogens is 208 g/mol. The van der Waals surface area contributed by atoms with Gasteiger partial charge in [0, 0.05) is 14.1 Å². The Labute approximate surface area is 92.6 Å². The lowest BCUT2D eigenvalue weighted by Gasteiger charge is -2.19. The van der Waals surface area contributed by atoms with Crippen molar-refractivity contribution in [2.24, 2.45) is 10.8 Å². The molecule has 0 aromatic carbocycles. The van der Waals surface area contributed by atoms with Crippen molar-refractivity contribution >= 4 is 11.8 Å². The van der Waals surface area contributed by atoms with Crippen molar-refractivity contribution in [2.75, 3.05) is 27.2 Å². The van der Waals surface area contributed by atoms with Crippen LogP contribution in [-0.2, 0) is 9.59 Å². The number of fused-ring (bicyclic) bond motifs is 1. The van der Waals surface area contributed by atoms with Gasteiger partial charge in [-0.1, -0.05) is 0 Å². The third kappa shape index (κ3) is 0.772. The van der Waals surface area contributed by atoms with E-state index in [1.807, 2.05) is 12.1 Å². The fraction of sp³-hybridized carbons (Fsp3) is 0.600. The average Bonchev–Trinajstić information content (AvgIpc) is 2.62. The fourth-order valence-electron chi connectivity index (χ4n) is 2.63. The minimum absolute atomic E-state index is 0.000926. The number of nitriles is 2. The zero-order chi connectivity index (χ0) is 12.1. The van der Waals surface area contributed by atoms with Crippen LogP contribution in [0.15, 0.2) is 0 Å². The molecule has 16 heavy (non-hydrogen) atoms. The van der Waals surface area contributed by atoms with E-state index in [9.17, 15) is 20.1 Å². The van der Waals surface area contributed by atoms with E-state index in [1.165, 1.54) is 23.9 Å². The molecule has 6 nitrogen and oxygen atoms in total. The lowest BCUT2D eigenvalue weighted by Crippen LogP contribution is -2.42. The van der Waals surface area contributed by atoms with Gasteiger partial charge in [-0.2, -0.15) is 10.5 Å². The number of rotatable bonds is 0. The molecule has 0 aromatic heterocycles. The maximum atomic E-state index is 12.0. The SMILES string of the molecule is CN1CC2(C#N)C(=O)N(C)CC2(C#N)C1=O. The first kappa shape index (κ1) is 10.4. The molecule has 0 radical (unpaired) electrons. The highest BCUT2D eigenvalue weighted by Gasteiger charge is 2.73. The summed E-state index contributed by atoms with van der Waals surface area (Å²) in [6, 6.07) is 3.79. The van der Waals surface area contributed by atoms with Crippen molar-refractivity contribution in [3.63, 3.8) is 0 Å². The van der Waals surface area contributed by atoms with Gasteiger partial charge in [-0.3, -0.25) is 9.59 Å². The fourth-order valence-corrected chi connectivity index (χ4v) is 2.63. The van der Waals surface area contributed by atoms with Crippen LogP contribution in [0.4, 0.5) is 0 Å². The second kappa shape index (κ2) is 2.73. The first-order chi connectivity index (χ1) is 7.45. The van der Waals surface area contributed by atoms with E-state index >= 15 is 0 Å². The summed E-state index contributed by atoms with van der Waals surface area (Å²) in [5.74, 6) is -0.872. The highest BCUT2D eigenvalue weighted by molar-refractivity contribution is 6.04. The van der Waals surface area contributed by atoms with E-state index in [0.717, 1.165) is 0 Å². The molecule has 0 bridgehead atoms. The molecule has 6 heteroatoms. The van der Waals surface area contributed by atoms with Crippen LogP contribution >= 0.6 is 0 Å². The Kier molecular flexibility index (Phi) is 1.78. The summed E-state index contributed by atoms with van der Waals surface area (Å²) in [7, 11) is 3.01. The molecule has 2 unspecified atom stereocenters. The Hall–Kier alpha value is -2.08. The van der Waals surface area contributed by atoms with Crippen molar-refractivity contribution < 1.29 is 9.59 Å². The Morgan fingerprint density at radius 2 is 1.31 bits per heavy atom. The van der Waals surface area contributed by atoms with Crippen molar-refractivity contribution in [3.8, 4) is 12.1 Å². The Bertz CT molecular complexity index is 430. The quantitative estimate of drug-likeness (QED) is 0.519. The minimum atomic E-state index is -1.53. The number of hydrogen-bond acceptors (Lipinski definition) is 4. The lowest BCUT2D eigenvalue weighted by molar-refractivity contribution is -0.134. The van der Waals surface area contributed by atoms with Gasteiger partial charge in [-0.05, 0) is 0 Å². The Morgan fingerprint density at radius 1 is 1.00 bits per heavy atom. The van der Waals surface area contributed by atoms with Crippen LogP contribution in [0, 0.1) is 33.5 Å². The normalized spacial score (nSPS) is 37.2. The summed E-state index contributed by atoms with van der Waals surface area (Å²) < 4.78 is 0. The number of nitrogens with zero attached hydrogens (tertiary/aromatic N) is 4. The molecular formula is C10H10N4O2. The molecule has 0 saturated carbocycles. The van der Waals surface area contributed by atoms with E-state index in [0.29, 0.717) is 0 Å². The van der Waals surface area contributed by atoms with E-state index in [4.69, 9.17) is 0 Å². The van der Waals surface area contributed by atoms with E-state index < -0.39 is 22.6 Å². The molecule has 2 fully saturated rings. The number of carbonyl (C=O) groups excluding carboxylic acids is 2. The average molecular weight is 218 g/mol. The zero-order valence-electron chi connectivity index (χ0n) is 9.02. The molecule has 0 aliphatic carbocycles. The molecule has 0 spiro atoms. The summed E-state index contributed by atoms with van der Waals surface area (Å²) in [6.45, 7) is -0.00185. The van der Waals surface area contributed by atoms with Crippen molar-refractivity contribution in [2.45, 2.75) is 0 Å². The van der Waals surface area contributed by atoms with Crippen molar-refractivity contribution in [3.05, 3.63) is 0 Å². The molecule has 0 aromatic rings. The predicted octanol–water partition coefficient (Wildman–Crippen LogP) is -1.05. The molecule has 2 aliphatic rings. The van der Waals surface area contributed by atoms with E-state index in [-0.39, 0.29) is 13.1 Å². The molecule has 2 amide bonds. The zero-order valence-corrected chi connectivity index (χ0v) is 9.02. The van der Waals surface area contributed by atoms with Crippen molar-refractivity contribution in [1.82, 2.24) is 9.80 Å². The standard InChI is InChI=1S/C10H10N4O2/c1-13-5-9(3-11)8(16)14(2)6-10(9,4-12)7(13)15/h5-6H2,1-2H3. The molecule has 82 valence electrons. The monoisotopic (exact) mass is 218 g/mol. The number of likely N-dealkylation sites (tertiary alicyclic amines) is 2. The highest BCUT2D eigenvalue weighted by Crippen LogP contribution is 2.52. The van der Waals surface area contributed by atoms with Crippen LogP contribution in [0.5, 0.6) is 0 Å². The maximum Gasteiger partial charge on any atom is 0.247 e. The van der Waals surface area contributed by atoms with Gasteiger partial charge in [0.15, 0.2) is 10.8 Å². The Balaban J connectivity index is 2.69. The second-order valence-electron chi connectivity index (χ2n) is 4.36. The van der Waals surface area contributed by atoms with Crippen molar-refractivity contribution in [1.29, 1.82) is 10.5 Å². The van der Waals surface area contributed by atoms with Gasteiger partial charge >= 0.3 is 0 Å². The largest absolute Gasteiger partial charge is 0.342 e. The minimum Gasteiger partial charge on any atom is -0.342 e. The number of hydrogen-bond donors (Lipinski definition) is 0. The van der Waals surface area contributed by atoms with Gasteiger partial charge in [0.25, 0.3) is 0 Å². The van der Waals surface area contributed by atoms with Gasteiger partial charge in [0.05, 0.1) is 25.2 Å². The highest BCUT2D eigenvalue weighted by atomic mass is 16.2. The molecule has 2 rings (SSSR count). The lowest BCUT2D eigenvalue weighted by atomic mass is 9.69. The molecule has 0 N–H and O–H groups in total. The molecule has 2 heterocycles.